The summed E-state index contributed by atoms with van der Waals surface area (Å²) in [6, 6.07) is 0.142. The predicted molar refractivity (Wildman–Crippen MR) is 70.0 cm³/mol. The fourth-order valence-electron chi connectivity index (χ4n) is 2.09. The first-order valence-electron chi connectivity index (χ1n) is 5.87. The molecule has 1 unspecified atom stereocenters. The molecule has 1 heterocycles. The molecule has 0 amide bonds. The Morgan fingerprint density at radius 3 is 2.62 bits per heavy atom. The summed E-state index contributed by atoms with van der Waals surface area (Å²) in [6.07, 6.45) is 3.10. The molecule has 0 aromatic rings. The van der Waals surface area contributed by atoms with Gasteiger partial charge in [-0.2, -0.15) is 17.0 Å². The van der Waals surface area contributed by atoms with Crippen molar-refractivity contribution in [1.29, 1.82) is 0 Å². The first-order chi connectivity index (χ1) is 7.54. The van der Waals surface area contributed by atoms with Crippen molar-refractivity contribution in [3.63, 3.8) is 0 Å². The van der Waals surface area contributed by atoms with E-state index in [2.05, 4.69) is 15.9 Å². The molecule has 1 aliphatic heterocycles. The quantitative estimate of drug-likeness (QED) is 0.727. The Kier molecular flexibility index (Phi) is 5.70. The van der Waals surface area contributed by atoms with Gasteiger partial charge in [-0.05, 0) is 19.8 Å². The first kappa shape index (κ1) is 14.4. The van der Waals surface area contributed by atoms with Crippen molar-refractivity contribution in [2.75, 3.05) is 25.0 Å². The number of halogens is 1. The van der Waals surface area contributed by atoms with Crippen LogP contribution in [-0.2, 0) is 10.2 Å². The van der Waals surface area contributed by atoms with Gasteiger partial charge in [-0.3, -0.25) is 0 Å². The van der Waals surface area contributed by atoms with Crippen LogP contribution in [0.4, 0.5) is 0 Å². The number of nitrogens with zero attached hydrogens (tertiary/aromatic N) is 2. The van der Waals surface area contributed by atoms with Gasteiger partial charge in [0.05, 0.1) is 0 Å². The zero-order valence-electron chi connectivity index (χ0n) is 10.0. The minimum absolute atomic E-state index is 0.142. The lowest BCUT2D eigenvalue weighted by molar-refractivity contribution is 0.247. The summed E-state index contributed by atoms with van der Waals surface area (Å²) in [5, 5.41) is 0.683. The fraction of sp³-hybridized carbons (Fsp3) is 1.00. The molecule has 4 nitrogen and oxygen atoms in total. The van der Waals surface area contributed by atoms with E-state index in [0.29, 0.717) is 25.0 Å². The molecule has 1 atom stereocenters. The third-order valence-electron chi connectivity index (χ3n) is 3.05. The van der Waals surface area contributed by atoms with E-state index in [1.165, 1.54) is 0 Å². The second kappa shape index (κ2) is 6.33. The minimum atomic E-state index is -3.25. The number of hydrogen-bond donors (Lipinski definition) is 0. The van der Waals surface area contributed by atoms with Crippen molar-refractivity contribution in [2.45, 2.75) is 39.2 Å². The average Bonchev–Trinajstić information content (AvgIpc) is 2.26. The van der Waals surface area contributed by atoms with Gasteiger partial charge < -0.3 is 0 Å². The highest BCUT2D eigenvalue weighted by Crippen LogP contribution is 2.22. The summed E-state index contributed by atoms with van der Waals surface area (Å²) in [7, 11) is -3.25. The lowest BCUT2D eigenvalue weighted by atomic mass is 10.1. The van der Waals surface area contributed by atoms with E-state index in [9.17, 15) is 8.42 Å². The highest BCUT2D eigenvalue weighted by molar-refractivity contribution is 9.09. The van der Waals surface area contributed by atoms with Crippen molar-refractivity contribution >= 4 is 26.1 Å². The molecule has 1 fully saturated rings. The van der Waals surface area contributed by atoms with E-state index in [-0.39, 0.29) is 6.04 Å². The highest BCUT2D eigenvalue weighted by atomic mass is 79.9. The van der Waals surface area contributed by atoms with Gasteiger partial charge in [0.1, 0.15) is 0 Å². The van der Waals surface area contributed by atoms with Crippen LogP contribution < -0.4 is 0 Å². The van der Waals surface area contributed by atoms with Gasteiger partial charge in [0, 0.05) is 31.0 Å². The van der Waals surface area contributed by atoms with E-state index >= 15 is 0 Å². The van der Waals surface area contributed by atoms with Crippen molar-refractivity contribution in [3.8, 4) is 0 Å². The van der Waals surface area contributed by atoms with Crippen LogP contribution in [0.15, 0.2) is 0 Å². The largest absolute Gasteiger partial charge is 0.282 e. The smallest absolute Gasteiger partial charge is 0.195 e. The molecule has 96 valence electrons. The van der Waals surface area contributed by atoms with Crippen LogP contribution in [0, 0.1) is 0 Å². The van der Waals surface area contributed by atoms with Gasteiger partial charge >= 0.3 is 0 Å². The van der Waals surface area contributed by atoms with Crippen LogP contribution in [0.25, 0.3) is 0 Å². The standard InChI is InChI=1S/C10H21BrN2O2S/c1-3-12(9-7-11)16(14,15)13-8-5-4-6-10(13)2/h10H,3-9H2,1-2H3. The highest BCUT2D eigenvalue weighted by Gasteiger charge is 2.33. The Morgan fingerprint density at radius 1 is 1.44 bits per heavy atom. The topological polar surface area (TPSA) is 40.6 Å². The molecule has 0 radical (unpaired) electrons. The van der Waals surface area contributed by atoms with Gasteiger partial charge in [-0.1, -0.05) is 29.3 Å². The molecule has 0 aliphatic carbocycles. The first-order valence-corrected chi connectivity index (χ1v) is 8.38. The zero-order chi connectivity index (χ0) is 12.2. The zero-order valence-corrected chi connectivity index (χ0v) is 12.4. The van der Waals surface area contributed by atoms with Crippen LogP contribution in [-0.4, -0.2) is 48.0 Å². The van der Waals surface area contributed by atoms with E-state index in [1.54, 1.807) is 8.61 Å². The number of alkyl halides is 1. The van der Waals surface area contributed by atoms with Crippen LogP contribution >= 0.6 is 15.9 Å². The molecule has 0 saturated carbocycles. The van der Waals surface area contributed by atoms with Gasteiger partial charge in [-0.15, -0.1) is 0 Å². The SMILES string of the molecule is CCN(CCBr)S(=O)(=O)N1CCCCC1C. The Bertz CT molecular complexity index is 308. The van der Waals surface area contributed by atoms with Crippen molar-refractivity contribution < 1.29 is 8.42 Å². The molecule has 0 spiro atoms. The van der Waals surface area contributed by atoms with E-state index < -0.39 is 10.2 Å². The molecule has 1 aliphatic rings. The maximum atomic E-state index is 12.3. The molecule has 0 aromatic heterocycles. The summed E-state index contributed by atoms with van der Waals surface area (Å²) in [5.74, 6) is 0. The van der Waals surface area contributed by atoms with E-state index in [1.807, 2.05) is 13.8 Å². The van der Waals surface area contributed by atoms with Gasteiger partial charge in [-0.25, -0.2) is 0 Å². The molecule has 0 aromatic carbocycles. The average molecular weight is 313 g/mol. The molecular formula is C10H21BrN2O2S. The Balaban J connectivity index is 2.81. The normalized spacial score (nSPS) is 23.9. The summed E-state index contributed by atoms with van der Waals surface area (Å²) in [5.41, 5.74) is 0. The fourth-order valence-corrected chi connectivity index (χ4v) is 4.62. The number of piperidine rings is 1. The molecule has 16 heavy (non-hydrogen) atoms. The third-order valence-corrected chi connectivity index (χ3v) is 5.63. The summed E-state index contributed by atoms with van der Waals surface area (Å²) < 4.78 is 27.9. The molecular weight excluding hydrogens is 292 g/mol. The predicted octanol–water partition coefficient (Wildman–Crippen LogP) is 1.82. The maximum absolute atomic E-state index is 12.3. The molecule has 1 rings (SSSR count). The molecule has 0 N–H and O–H groups in total. The van der Waals surface area contributed by atoms with Crippen LogP contribution in [0.3, 0.4) is 0 Å². The lowest BCUT2D eigenvalue weighted by Crippen LogP contribution is -2.50. The van der Waals surface area contributed by atoms with Crippen LogP contribution in [0.5, 0.6) is 0 Å². The molecule has 0 bridgehead atoms. The molecule has 1 saturated heterocycles. The van der Waals surface area contributed by atoms with Crippen molar-refractivity contribution in [3.05, 3.63) is 0 Å². The number of hydrogen-bond acceptors (Lipinski definition) is 2. The Hall–Kier alpha value is 0.350. The molecule has 6 heteroatoms. The van der Waals surface area contributed by atoms with Crippen molar-refractivity contribution in [1.82, 2.24) is 8.61 Å². The summed E-state index contributed by atoms with van der Waals surface area (Å²) in [6.45, 7) is 5.63. The van der Waals surface area contributed by atoms with E-state index in [4.69, 9.17) is 0 Å². The van der Waals surface area contributed by atoms with Crippen molar-refractivity contribution in [2.24, 2.45) is 0 Å². The lowest BCUT2D eigenvalue weighted by Gasteiger charge is -2.35. The van der Waals surface area contributed by atoms with Crippen LogP contribution in [0.2, 0.25) is 0 Å². The minimum Gasteiger partial charge on any atom is -0.195 e. The second-order valence-corrected chi connectivity index (χ2v) is 6.82. The van der Waals surface area contributed by atoms with Gasteiger partial charge in [0.2, 0.25) is 0 Å². The van der Waals surface area contributed by atoms with E-state index in [0.717, 1.165) is 19.3 Å². The Labute approximate surface area is 107 Å². The summed E-state index contributed by atoms with van der Waals surface area (Å²) >= 11 is 3.30. The van der Waals surface area contributed by atoms with Crippen LogP contribution in [0.1, 0.15) is 33.1 Å². The van der Waals surface area contributed by atoms with Gasteiger partial charge in [0.15, 0.2) is 0 Å². The number of rotatable bonds is 5. The summed E-state index contributed by atoms with van der Waals surface area (Å²) in [4.78, 5) is 0. The third kappa shape index (κ3) is 3.18. The maximum Gasteiger partial charge on any atom is 0.282 e. The van der Waals surface area contributed by atoms with Gasteiger partial charge in [0.25, 0.3) is 10.2 Å². The second-order valence-electron chi connectivity index (χ2n) is 4.14. The monoisotopic (exact) mass is 312 g/mol. The Morgan fingerprint density at radius 2 is 2.12 bits per heavy atom.